The van der Waals surface area contributed by atoms with Crippen LogP contribution >= 0.6 is 0 Å². The van der Waals surface area contributed by atoms with Crippen LogP contribution in [-0.4, -0.2) is 38.4 Å². The molecule has 1 fully saturated rings. The molecule has 1 aliphatic rings. The van der Waals surface area contributed by atoms with E-state index in [1.165, 1.54) is 17.6 Å². The summed E-state index contributed by atoms with van der Waals surface area (Å²) in [6.45, 7) is 3.53. The Balaban J connectivity index is 1.35. The standard InChI is InChI=1S/C23H23FN4O/c1-2-22-26-19-5-3-4-6-21(19)28(22)17-9-11-27(12-10-17)23(29)20-14-15-13-16(24)7-8-18(15)25-20/h3-8,13-14,17,25H,2,9-12H2,1H3. The second-order valence-corrected chi connectivity index (χ2v) is 7.68. The van der Waals surface area contributed by atoms with Crippen molar-refractivity contribution in [2.75, 3.05) is 13.1 Å². The van der Waals surface area contributed by atoms with E-state index in [0.29, 0.717) is 24.8 Å². The van der Waals surface area contributed by atoms with Crippen molar-refractivity contribution in [2.24, 2.45) is 0 Å². The minimum absolute atomic E-state index is 0.0220. The van der Waals surface area contributed by atoms with E-state index < -0.39 is 0 Å². The van der Waals surface area contributed by atoms with Gasteiger partial charge in [0.05, 0.1) is 11.0 Å². The lowest BCUT2D eigenvalue weighted by Crippen LogP contribution is -2.39. The van der Waals surface area contributed by atoms with Crippen molar-refractivity contribution in [1.29, 1.82) is 0 Å². The molecule has 4 aromatic rings. The molecule has 0 bridgehead atoms. The second-order valence-electron chi connectivity index (χ2n) is 7.68. The molecule has 0 saturated carbocycles. The number of para-hydroxylation sites is 2. The van der Waals surface area contributed by atoms with Crippen molar-refractivity contribution in [3.8, 4) is 0 Å². The van der Waals surface area contributed by atoms with E-state index in [-0.39, 0.29) is 11.7 Å². The fourth-order valence-corrected chi connectivity index (χ4v) is 4.47. The Kier molecular flexibility index (Phi) is 4.34. The van der Waals surface area contributed by atoms with Crippen LogP contribution in [0.2, 0.25) is 0 Å². The van der Waals surface area contributed by atoms with Gasteiger partial charge in [-0.15, -0.1) is 0 Å². The minimum atomic E-state index is -0.296. The monoisotopic (exact) mass is 390 g/mol. The first kappa shape index (κ1) is 17.9. The number of amides is 1. The predicted molar refractivity (Wildman–Crippen MR) is 112 cm³/mol. The molecule has 1 amide bonds. The predicted octanol–water partition coefficient (Wildman–Crippen LogP) is 4.70. The number of piperidine rings is 1. The van der Waals surface area contributed by atoms with Crippen LogP contribution in [0.15, 0.2) is 48.5 Å². The smallest absolute Gasteiger partial charge is 0.270 e. The molecule has 0 atom stereocenters. The molecule has 29 heavy (non-hydrogen) atoms. The van der Waals surface area contributed by atoms with Crippen molar-refractivity contribution < 1.29 is 9.18 Å². The first-order chi connectivity index (χ1) is 14.1. The van der Waals surface area contributed by atoms with Crippen LogP contribution in [0.1, 0.15) is 42.1 Å². The molecule has 0 spiro atoms. The highest BCUT2D eigenvalue weighted by Gasteiger charge is 2.27. The second kappa shape index (κ2) is 7.03. The van der Waals surface area contributed by atoms with Crippen LogP contribution in [0.3, 0.4) is 0 Å². The first-order valence-corrected chi connectivity index (χ1v) is 10.2. The molecule has 0 radical (unpaired) electrons. The summed E-state index contributed by atoms with van der Waals surface area (Å²) < 4.78 is 15.8. The Bertz CT molecular complexity index is 1200. The summed E-state index contributed by atoms with van der Waals surface area (Å²) in [5, 5.41) is 0.723. The summed E-state index contributed by atoms with van der Waals surface area (Å²) in [6, 6.07) is 14.9. The van der Waals surface area contributed by atoms with Gasteiger partial charge in [-0.25, -0.2) is 9.37 Å². The van der Waals surface area contributed by atoms with E-state index >= 15 is 0 Å². The van der Waals surface area contributed by atoms with Gasteiger partial charge in [0.15, 0.2) is 0 Å². The van der Waals surface area contributed by atoms with E-state index in [9.17, 15) is 9.18 Å². The van der Waals surface area contributed by atoms with Gasteiger partial charge in [0.25, 0.3) is 5.91 Å². The topological polar surface area (TPSA) is 53.9 Å². The van der Waals surface area contributed by atoms with E-state index in [2.05, 4.69) is 34.7 Å². The van der Waals surface area contributed by atoms with Crippen molar-refractivity contribution in [1.82, 2.24) is 19.4 Å². The number of imidazole rings is 1. The lowest BCUT2D eigenvalue weighted by Gasteiger charge is -2.33. The number of H-pyrrole nitrogens is 1. The van der Waals surface area contributed by atoms with Crippen molar-refractivity contribution >= 4 is 27.8 Å². The van der Waals surface area contributed by atoms with Gasteiger partial charge in [0, 0.05) is 36.5 Å². The molecule has 1 N–H and O–H groups in total. The SMILES string of the molecule is CCc1nc2ccccc2n1C1CCN(C(=O)c2cc3cc(F)ccc3[nH]2)CC1. The zero-order valence-electron chi connectivity index (χ0n) is 16.4. The maximum Gasteiger partial charge on any atom is 0.270 e. The number of aromatic amines is 1. The number of carbonyl (C=O) groups is 1. The molecule has 6 heteroatoms. The molecule has 3 heterocycles. The molecule has 148 valence electrons. The zero-order chi connectivity index (χ0) is 20.0. The Morgan fingerprint density at radius 1 is 1.17 bits per heavy atom. The highest BCUT2D eigenvalue weighted by Crippen LogP contribution is 2.30. The van der Waals surface area contributed by atoms with Gasteiger partial charge in [-0.3, -0.25) is 4.79 Å². The summed E-state index contributed by atoms with van der Waals surface area (Å²) in [5.74, 6) is 0.787. The van der Waals surface area contributed by atoms with Gasteiger partial charge in [-0.2, -0.15) is 0 Å². The Morgan fingerprint density at radius 3 is 2.76 bits per heavy atom. The van der Waals surface area contributed by atoms with Crippen molar-refractivity contribution in [3.63, 3.8) is 0 Å². The number of nitrogens with one attached hydrogen (secondary N) is 1. The molecule has 2 aromatic carbocycles. The maximum absolute atomic E-state index is 13.4. The number of rotatable bonds is 3. The number of carbonyl (C=O) groups excluding carboxylic acids is 1. The number of hydrogen-bond donors (Lipinski definition) is 1. The third-order valence-corrected chi connectivity index (χ3v) is 5.92. The highest BCUT2D eigenvalue weighted by atomic mass is 19.1. The van der Waals surface area contributed by atoms with Crippen molar-refractivity contribution in [3.05, 3.63) is 65.9 Å². The molecule has 2 aromatic heterocycles. The van der Waals surface area contributed by atoms with Gasteiger partial charge in [0.2, 0.25) is 0 Å². The van der Waals surface area contributed by atoms with Crippen molar-refractivity contribution in [2.45, 2.75) is 32.2 Å². The number of hydrogen-bond acceptors (Lipinski definition) is 2. The molecule has 0 aliphatic carbocycles. The zero-order valence-corrected chi connectivity index (χ0v) is 16.4. The molecule has 0 unspecified atom stereocenters. The van der Waals surface area contributed by atoms with Crippen LogP contribution in [0, 0.1) is 5.82 Å². The van der Waals surface area contributed by atoms with Gasteiger partial charge in [-0.1, -0.05) is 19.1 Å². The number of aryl methyl sites for hydroxylation is 1. The molecule has 5 rings (SSSR count). The average Bonchev–Trinajstić information content (AvgIpc) is 3.34. The van der Waals surface area contributed by atoms with Crippen LogP contribution < -0.4 is 0 Å². The Labute approximate surface area is 168 Å². The summed E-state index contributed by atoms with van der Waals surface area (Å²) >= 11 is 0. The lowest BCUT2D eigenvalue weighted by atomic mass is 10.0. The lowest BCUT2D eigenvalue weighted by molar-refractivity contribution is 0.0690. The number of benzene rings is 2. The molecule has 1 saturated heterocycles. The molecular weight excluding hydrogens is 367 g/mol. The third kappa shape index (κ3) is 3.09. The van der Waals surface area contributed by atoms with E-state index in [1.54, 1.807) is 12.1 Å². The van der Waals surface area contributed by atoms with E-state index in [4.69, 9.17) is 4.98 Å². The number of fused-ring (bicyclic) bond motifs is 2. The first-order valence-electron chi connectivity index (χ1n) is 10.2. The summed E-state index contributed by atoms with van der Waals surface area (Å²) in [6.07, 6.45) is 2.68. The average molecular weight is 390 g/mol. The molecule has 1 aliphatic heterocycles. The van der Waals surface area contributed by atoms with E-state index in [1.807, 2.05) is 11.0 Å². The number of nitrogens with zero attached hydrogens (tertiary/aromatic N) is 3. The van der Waals surface area contributed by atoms with Crippen LogP contribution in [0.5, 0.6) is 0 Å². The van der Waals surface area contributed by atoms with Gasteiger partial charge in [-0.05, 0) is 49.2 Å². The summed E-state index contributed by atoms with van der Waals surface area (Å²) in [5.41, 5.74) is 3.51. The summed E-state index contributed by atoms with van der Waals surface area (Å²) in [7, 11) is 0. The quantitative estimate of drug-likeness (QED) is 0.551. The van der Waals surface area contributed by atoms with E-state index in [0.717, 1.165) is 41.5 Å². The highest BCUT2D eigenvalue weighted by molar-refractivity contribution is 5.98. The maximum atomic E-state index is 13.4. The minimum Gasteiger partial charge on any atom is -0.351 e. The molecule has 5 nitrogen and oxygen atoms in total. The largest absolute Gasteiger partial charge is 0.351 e. The Hall–Kier alpha value is -3.15. The normalized spacial score (nSPS) is 15.4. The van der Waals surface area contributed by atoms with Gasteiger partial charge < -0.3 is 14.5 Å². The number of aromatic nitrogens is 3. The Morgan fingerprint density at radius 2 is 1.97 bits per heavy atom. The number of halogens is 1. The molecular formula is C23H23FN4O. The van der Waals surface area contributed by atoms with Gasteiger partial charge in [0.1, 0.15) is 17.3 Å². The van der Waals surface area contributed by atoms with Gasteiger partial charge >= 0.3 is 0 Å². The fraction of sp³-hybridized carbons (Fsp3) is 0.304. The number of likely N-dealkylation sites (tertiary alicyclic amines) is 1. The van der Waals surface area contributed by atoms with Crippen LogP contribution in [0.25, 0.3) is 21.9 Å². The third-order valence-electron chi connectivity index (χ3n) is 5.92. The van der Waals surface area contributed by atoms with Crippen LogP contribution in [0.4, 0.5) is 4.39 Å². The van der Waals surface area contributed by atoms with Crippen LogP contribution in [-0.2, 0) is 6.42 Å². The fourth-order valence-electron chi connectivity index (χ4n) is 4.47. The summed E-state index contributed by atoms with van der Waals surface area (Å²) in [4.78, 5) is 22.8.